The molecular weight excluding hydrogens is 427 g/mol. The van der Waals surface area contributed by atoms with Gasteiger partial charge in [0.2, 0.25) is 0 Å². The zero-order valence-electron chi connectivity index (χ0n) is 17.4. The molecule has 0 radical (unpaired) electrons. The van der Waals surface area contributed by atoms with Crippen molar-refractivity contribution in [3.05, 3.63) is 106 Å². The molecule has 3 aromatic carbocycles. The predicted molar refractivity (Wildman–Crippen MR) is 128 cm³/mol. The summed E-state index contributed by atoms with van der Waals surface area (Å²) in [6.07, 6.45) is 2.08. The molecule has 1 unspecified atom stereocenters. The van der Waals surface area contributed by atoms with Crippen molar-refractivity contribution >= 4 is 40.5 Å². The van der Waals surface area contributed by atoms with E-state index in [1.807, 2.05) is 66.7 Å². The van der Waals surface area contributed by atoms with Gasteiger partial charge < -0.3 is 10.5 Å². The maximum Gasteiger partial charge on any atom is 0.328 e. The quantitative estimate of drug-likeness (QED) is 0.223. The smallest absolute Gasteiger partial charge is 0.328 e. The van der Waals surface area contributed by atoms with E-state index < -0.39 is 12.3 Å². The second-order valence-corrected chi connectivity index (χ2v) is 7.82. The number of anilines is 1. The van der Waals surface area contributed by atoms with Gasteiger partial charge in [0.25, 0.3) is 0 Å². The van der Waals surface area contributed by atoms with Gasteiger partial charge in [-0.25, -0.2) is 14.6 Å². The summed E-state index contributed by atoms with van der Waals surface area (Å²) in [5.41, 5.74) is 12.2. The van der Waals surface area contributed by atoms with Crippen LogP contribution in [-0.4, -0.2) is 11.1 Å². The summed E-state index contributed by atoms with van der Waals surface area (Å²) >= 11 is 6.55. The van der Waals surface area contributed by atoms with Crippen LogP contribution in [0.1, 0.15) is 47.5 Å². The molecule has 6 heteroatoms. The minimum Gasteiger partial charge on any atom is -0.478 e. The number of rotatable bonds is 6. The van der Waals surface area contributed by atoms with Crippen LogP contribution in [0.25, 0.3) is 17.2 Å². The minimum absolute atomic E-state index is 0.552. The first kappa shape index (κ1) is 21.8. The predicted octanol–water partition coefficient (Wildman–Crippen LogP) is 6.71. The first-order chi connectivity index (χ1) is 15.5. The summed E-state index contributed by atoms with van der Waals surface area (Å²) in [4.78, 5) is 10.8. The molecule has 32 heavy (non-hydrogen) atoms. The number of halogens is 2. The van der Waals surface area contributed by atoms with E-state index in [9.17, 15) is 9.18 Å². The number of fused-ring (bicyclic) bond motifs is 1. The van der Waals surface area contributed by atoms with Gasteiger partial charge in [-0.2, -0.15) is 0 Å². The Morgan fingerprint density at radius 1 is 1.09 bits per heavy atom. The number of hydrogen-bond acceptors (Lipinski definition) is 3. The largest absolute Gasteiger partial charge is 0.478 e. The van der Waals surface area contributed by atoms with Crippen molar-refractivity contribution < 1.29 is 14.3 Å². The molecule has 1 atom stereocenters. The molecule has 0 spiro atoms. The topological polar surface area (TPSA) is 61.4 Å². The average Bonchev–Trinajstić information content (AvgIpc) is 3.17. The van der Waals surface area contributed by atoms with E-state index in [1.54, 1.807) is 6.08 Å². The third kappa shape index (κ3) is 4.44. The lowest BCUT2D eigenvalue weighted by molar-refractivity contribution is -0.131. The molecule has 1 heterocycles. The highest BCUT2D eigenvalue weighted by Gasteiger charge is 2.23. The molecule has 0 saturated carbocycles. The Labute approximate surface area is 191 Å². The van der Waals surface area contributed by atoms with Crippen LogP contribution in [0.2, 0.25) is 5.02 Å². The Bertz CT molecular complexity index is 1220. The van der Waals surface area contributed by atoms with Crippen molar-refractivity contribution in [2.24, 2.45) is 0 Å². The van der Waals surface area contributed by atoms with Crippen molar-refractivity contribution in [1.82, 2.24) is 5.43 Å². The number of carboxylic acid groups (broad SMARTS) is 1. The lowest BCUT2D eigenvalue weighted by Gasteiger charge is -2.18. The summed E-state index contributed by atoms with van der Waals surface area (Å²) < 4.78 is 14.4. The Morgan fingerprint density at radius 3 is 2.50 bits per heavy atom. The van der Waals surface area contributed by atoms with Gasteiger partial charge in [0, 0.05) is 16.7 Å². The number of hydrazine groups is 1. The first-order valence-electron chi connectivity index (χ1n) is 10.3. The maximum atomic E-state index is 14.4. The zero-order chi connectivity index (χ0) is 22.7. The van der Waals surface area contributed by atoms with Crippen LogP contribution >= 0.6 is 11.6 Å². The number of aliphatic carboxylic acids is 1. The number of nitrogens with one attached hydrogen (secondary N) is 2. The fourth-order valence-electron chi connectivity index (χ4n) is 3.91. The van der Waals surface area contributed by atoms with Crippen molar-refractivity contribution in [3.8, 4) is 0 Å². The molecule has 0 aliphatic carbocycles. The zero-order valence-corrected chi connectivity index (χ0v) is 18.2. The van der Waals surface area contributed by atoms with Gasteiger partial charge in [0.15, 0.2) is 6.30 Å². The molecule has 0 bridgehead atoms. The number of hydrogen-bond donors (Lipinski definition) is 3. The van der Waals surface area contributed by atoms with E-state index in [0.717, 1.165) is 39.5 Å². The van der Waals surface area contributed by atoms with Crippen molar-refractivity contribution in [1.29, 1.82) is 0 Å². The Hall–Kier alpha value is -3.41. The molecule has 0 saturated heterocycles. The highest BCUT2D eigenvalue weighted by molar-refractivity contribution is 6.32. The van der Waals surface area contributed by atoms with Crippen LogP contribution in [0.4, 0.5) is 10.1 Å². The van der Waals surface area contributed by atoms with E-state index in [2.05, 4.69) is 17.8 Å². The minimum atomic E-state index is -1.29. The second-order valence-electron chi connectivity index (χ2n) is 7.41. The Balaban J connectivity index is 1.91. The standard InChI is InChI=1S/C26H22ClFN2O2/c1-2-19(20-5-3-4-6-22(20)27)25(17-10-7-16(8-11-17)9-14-24(31)32)18-12-13-23-21(15-18)26(28)30-29-23/h3-15,26,29-30H,2H2,1H3,(H,31,32)/b14-9+,25-19+. The molecule has 0 aromatic heterocycles. The number of carboxylic acids is 1. The summed E-state index contributed by atoms with van der Waals surface area (Å²) in [5.74, 6) is -0.997. The molecule has 1 aliphatic heterocycles. The van der Waals surface area contributed by atoms with Gasteiger partial charge in [-0.05, 0) is 64.1 Å². The molecule has 0 amide bonds. The van der Waals surface area contributed by atoms with E-state index in [1.165, 1.54) is 0 Å². The van der Waals surface area contributed by atoms with E-state index in [4.69, 9.17) is 16.7 Å². The van der Waals surface area contributed by atoms with Crippen LogP contribution in [-0.2, 0) is 4.79 Å². The third-order valence-corrected chi connectivity index (χ3v) is 5.75. The van der Waals surface area contributed by atoms with Crippen molar-refractivity contribution in [2.75, 3.05) is 5.43 Å². The van der Waals surface area contributed by atoms with Crippen LogP contribution in [0, 0.1) is 0 Å². The van der Waals surface area contributed by atoms with Gasteiger partial charge in [-0.15, -0.1) is 0 Å². The highest BCUT2D eigenvalue weighted by atomic mass is 35.5. The number of alkyl halides is 1. The molecule has 1 aliphatic rings. The molecule has 4 rings (SSSR count). The maximum absolute atomic E-state index is 14.4. The van der Waals surface area contributed by atoms with Gasteiger partial charge in [-0.3, -0.25) is 0 Å². The van der Waals surface area contributed by atoms with E-state index >= 15 is 0 Å². The lowest BCUT2D eigenvalue weighted by Crippen LogP contribution is -2.14. The summed E-state index contributed by atoms with van der Waals surface area (Å²) in [6, 6.07) is 21.0. The fourth-order valence-corrected chi connectivity index (χ4v) is 4.16. The third-order valence-electron chi connectivity index (χ3n) is 5.42. The van der Waals surface area contributed by atoms with Crippen molar-refractivity contribution in [3.63, 3.8) is 0 Å². The Kier molecular flexibility index (Phi) is 6.40. The highest BCUT2D eigenvalue weighted by Crippen LogP contribution is 2.39. The number of carbonyl (C=O) groups is 1. The van der Waals surface area contributed by atoms with Crippen molar-refractivity contribution in [2.45, 2.75) is 19.6 Å². The van der Waals surface area contributed by atoms with Crippen LogP contribution in [0.15, 0.2) is 72.8 Å². The summed E-state index contributed by atoms with van der Waals surface area (Å²) in [7, 11) is 0. The van der Waals surface area contributed by atoms with Gasteiger partial charge in [0.1, 0.15) is 0 Å². The SMILES string of the molecule is CC/C(=C(/c1ccc(/C=C/C(=O)O)cc1)c1ccc2c(c1)C(F)NN2)c1ccccc1Cl. The first-order valence-corrected chi connectivity index (χ1v) is 10.6. The van der Waals surface area contributed by atoms with Gasteiger partial charge >= 0.3 is 5.97 Å². The average molecular weight is 449 g/mol. The normalized spacial score (nSPS) is 15.9. The molecule has 162 valence electrons. The summed E-state index contributed by atoms with van der Waals surface area (Å²) in [6.45, 7) is 2.07. The van der Waals surface area contributed by atoms with Gasteiger partial charge in [0.05, 0.1) is 5.69 Å². The monoisotopic (exact) mass is 448 g/mol. The lowest BCUT2D eigenvalue weighted by atomic mass is 9.87. The molecule has 3 aromatic rings. The second kappa shape index (κ2) is 9.39. The number of benzene rings is 3. The Morgan fingerprint density at radius 2 is 1.81 bits per heavy atom. The van der Waals surface area contributed by atoms with Gasteiger partial charge in [-0.1, -0.05) is 67.1 Å². The van der Waals surface area contributed by atoms with Crippen LogP contribution in [0.3, 0.4) is 0 Å². The number of allylic oxidation sites excluding steroid dienone is 1. The fraction of sp³-hybridized carbons (Fsp3) is 0.115. The van der Waals surface area contributed by atoms with Crippen LogP contribution < -0.4 is 10.9 Å². The van der Waals surface area contributed by atoms with E-state index in [0.29, 0.717) is 22.7 Å². The van der Waals surface area contributed by atoms with E-state index in [-0.39, 0.29) is 0 Å². The van der Waals surface area contributed by atoms with Crippen LogP contribution in [0.5, 0.6) is 0 Å². The summed E-state index contributed by atoms with van der Waals surface area (Å²) in [5, 5.41) is 9.52. The molecule has 4 nitrogen and oxygen atoms in total. The molecule has 3 N–H and O–H groups in total. The molecule has 0 fully saturated rings. The molecular formula is C26H22ClFN2O2.